The molecule has 2 rings (SSSR count). The first-order valence-corrected chi connectivity index (χ1v) is 6.78. The molecular weight excluding hydrogens is 314 g/mol. The molecule has 0 spiro atoms. The van der Waals surface area contributed by atoms with Gasteiger partial charge in [0.1, 0.15) is 11.4 Å². The smallest absolute Gasteiger partial charge is 0.423 e. The Hall–Kier alpha value is -2.20. The van der Waals surface area contributed by atoms with E-state index in [0.29, 0.717) is 5.46 Å². The van der Waals surface area contributed by atoms with Gasteiger partial charge in [-0.3, -0.25) is 4.79 Å². The first kappa shape index (κ1) is 17.2. The summed E-state index contributed by atoms with van der Waals surface area (Å²) < 4.78 is 43.6. The van der Waals surface area contributed by atoms with Gasteiger partial charge in [0.15, 0.2) is 0 Å². The highest BCUT2D eigenvalue weighted by atomic mass is 19.4. The number of allylic oxidation sites excluding steroid dienone is 1. The lowest BCUT2D eigenvalue weighted by Gasteiger charge is -2.16. The summed E-state index contributed by atoms with van der Waals surface area (Å²) in [5.74, 6) is -1.09. The van der Waals surface area contributed by atoms with Crippen LogP contribution in [0.3, 0.4) is 0 Å². The third-order valence-electron chi connectivity index (χ3n) is 3.22. The number of amides is 1. The van der Waals surface area contributed by atoms with Crippen LogP contribution in [0.5, 0.6) is 0 Å². The van der Waals surface area contributed by atoms with Crippen molar-refractivity contribution in [2.24, 2.45) is 5.73 Å². The topological polar surface area (TPSA) is 96.6 Å². The Morgan fingerprint density at radius 3 is 2.78 bits per heavy atom. The fraction of sp³-hybridized carbons (Fsp3) is 0.308. The molecule has 0 saturated carbocycles. The molecule has 1 aromatic rings. The monoisotopic (exact) mass is 329 g/mol. The van der Waals surface area contributed by atoms with Gasteiger partial charge < -0.3 is 26.0 Å². The molecule has 23 heavy (non-hydrogen) atoms. The molecule has 0 saturated heterocycles. The third-order valence-corrected chi connectivity index (χ3v) is 3.22. The lowest BCUT2D eigenvalue weighted by molar-refractivity contribution is -0.115. The molecule has 0 fully saturated rings. The van der Waals surface area contributed by atoms with E-state index in [2.05, 4.69) is 5.32 Å². The van der Waals surface area contributed by atoms with E-state index in [0.717, 1.165) is 5.56 Å². The van der Waals surface area contributed by atoms with Crippen molar-refractivity contribution >= 4 is 24.2 Å². The standard InChI is InChI=1S/C13H15BF3N3O3/c1-2-19-11(13(15,16)17)10(18)12(21)20-8-4-3-7-6-23-14(22)9(7)5-8/h3-5,19,22H,2,6,18H2,1H3,(H,20,21)/b11-10-. The number of carbonyl (C=O) groups is 1. The van der Waals surface area contributed by atoms with Crippen molar-refractivity contribution < 1.29 is 27.6 Å². The molecule has 0 aliphatic carbocycles. The van der Waals surface area contributed by atoms with Crippen LogP contribution in [0.2, 0.25) is 0 Å². The van der Waals surface area contributed by atoms with Crippen LogP contribution in [0, 0.1) is 0 Å². The van der Waals surface area contributed by atoms with Gasteiger partial charge in [-0.1, -0.05) is 6.07 Å². The minimum absolute atomic E-state index is 0.0365. The van der Waals surface area contributed by atoms with E-state index in [4.69, 9.17) is 10.4 Å². The zero-order valence-electron chi connectivity index (χ0n) is 12.2. The highest BCUT2D eigenvalue weighted by Gasteiger charge is 2.37. The van der Waals surface area contributed by atoms with Crippen LogP contribution in [-0.4, -0.2) is 30.8 Å². The second kappa shape index (κ2) is 6.51. The Morgan fingerprint density at radius 1 is 1.48 bits per heavy atom. The summed E-state index contributed by atoms with van der Waals surface area (Å²) in [4.78, 5) is 11.9. The van der Waals surface area contributed by atoms with Crippen LogP contribution >= 0.6 is 0 Å². The molecule has 0 aromatic heterocycles. The molecular formula is C13H15BF3N3O3. The average molecular weight is 329 g/mol. The summed E-state index contributed by atoms with van der Waals surface area (Å²) >= 11 is 0. The van der Waals surface area contributed by atoms with Gasteiger partial charge in [-0.25, -0.2) is 0 Å². The van der Waals surface area contributed by atoms with Gasteiger partial charge in [0.2, 0.25) is 0 Å². The lowest BCUT2D eigenvalue weighted by atomic mass is 9.79. The van der Waals surface area contributed by atoms with Crippen LogP contribution in [-0.2, 0) is 16.1 Å². The predicted octanol–water partition coefficient (Wildman–Crippen LogP) is 0.185. The Bertz CT molecular complexity index is 649. The van der Waals surface area contributed by atoms with E-state index in [1.54, 1.807) is 6.07 Å². The Morgan fingerprint density at radius 2 is 2.17 bits per heavy atom. The predicted molar refractivity (Wildman–Crippen MR) is 78.4 cm³/mol. The second-order valence-electron chi connectivity index (χ2n) is 4.85. The van der Waals surface area contributed by atoms with Crippen LogP contribution in [0.1, 0.15) is 12.5 Å². The summed E-state index contributed by atoms with van der Waals surface area (Å²) in [6.07, 6.45) is -4.76. The molecule has 10 heteroatoms. The molecule has 0 bridgehead atoms. The quantitative estimate of drug-likeness (QED) is 0.467. The minimum Gasteiger partial charge on any atom is -0.423 e. The molecule has 5 N–H and O–H groups in total. The van der Waals surface area contributed by atoms with Gasteiger partial charge in [-0.2, -0.15) is 13.2 Å². The number of nitrogens with one attached hydrogen (secondary N) is 2. The van der Waals surface area contributed by atoms with Gasteiger partial charge in [0.05, 0.1) is 6.61 Å². The summed E-state index contributed by atoms with van der Waals surface area (Å²) in [5.41, 5.74) is 4.48. The van der Waals surface area contributed by atoms with Gasteiger partial charge in [-0.15, -0.1) is 0 Å². The van der Waals surface area contributed by atoms with Crippen molar-refractivity contribution in [3.8, 4) is 0 Å². The molecule has 1 heterocycles. The van der Waals surface area contributed by atoms with Crippen molar-refractivity contribution in [2.45, 2.75) is 19.7 Å². The van der Waals surface area contributed by atoms with E-state index in [-0.39, 0.29) is 18.8 Å². The maximum atomic E-state index is 12.9. The van der Waals surface area contributed by atoms with E-state index in [1.807, 2.05) is 5.32 Å². The summed E-state index contributed by atoms with van der Waals surface area (Å²) in [7, 11) is -1.12. The first-order valence-electron chi connectivity index (χ1n) is 6.78. The van der Waals surface area contributed by atoms with Crippen molar-refractivity contribution in [2.75, 3.05) is 11.9 Å². The van der Waals surface area contributed by atoms with Gasteiger partial charge >= 0.3 is 13.3 Å². The lowest BCUT2D eigenvalue weighted by Crippen LogP contribution is -2.34. The highest BCUT2D eigenvalue weighted by Crippen LogP contribution is 2.25. The Labute approximate surface area is 130 Å². The molecule has 1 aliphatic rings. The number of fused-ring (bicyclic) bond motifs is 1. The molecule has 1 aliphatic heterocycles. The maximum absolute atomic E-state index is 12.9. The first-order chi connectivity index (χ1) is 10.7. The fourth-order valence-electron chi connectivity index (χ4n) is 2.13. The summed E-state index contributed by atoms with van der Waals surface area (Å²) in [5, 5.41) is 13.9. The normalized spacial score (nSPS) is 15.1. The van der Waals surface area contributed by atoms with E-state index in [9.17, 15) is 23.0 Å². The van der Waals surface area contributed by atoms with Crippen LogP contribution < -0.4 is 21.8 Å². The summed E-state index contributed by atoms with van der Waals surface area (Å²) in [6.45, 7) is 1.65. The SMILES string of the molecule is CCN/C(=C(\N)C(=O)Nc1ccc2c(c1)B(O)OC2)C(F)(F)F. The van der Waals surface area contributed by atoms with Crippen molar-refractivity contribution in [3.63, 3.8) is 0 Å². The molecule has 1 aromatic carbocycles. The molecule has 0 unspecified atom stereocenters. The molecule has 124 valence electrons. The second-order valence-corrected chi connectivity index (χ2v) is 4.85. The average Bonchev–Trinajstić information content (AvgIpc) is 2.84. The number of rotatable bonds is 4. The number of anilines is 1. The minimum atomic E-state index is -4.76. The fourth-order valence-corrected chi connectivity index (χ4v) is 2.13. The number of alkyl halides is 3. The van der Waals surface area contributed by atoms with Crippen LogP contribution in [0.15, 0.2) is 29.6 Å². The molecule has 6 nitrogen and oxygen atoms in total. The largest absolute Gasteiger partial charge is 0.491 e. The number of hydrogen-bond donors (Lipinski definition) is 4. The van der Waals surface area contributed by atoms with Crippen LogP contribution in [0.25, 0.3) is 0 Å². The van der Waals surface area contributed by atoms with Crippen molar-refractivity contribution in [1.82, 2.24) is 5.32 Å². The van der Waals surface area contributed by atoms with Gasteiger partial charge in [0, 0.05) is 12.2 Å². The van der Waals surface area contributed by atoms with Gasteiger partial charge in [-0.05, 0) is 30.1 Å². The number of benzene rings is 1. The Kier molecular flexibility index (Phi) is 4.86. The highest BCUT2D eigenvalue weighted by molar-refractivity contribution is 6.61. The molecule has 0 atom stereocenters. The van der Waals surface area contributed by atoms with E-state index < -0.39 is 30.6 Å². The van der Waals surface area contributed by atoms with Crippen molar-refractivity contribution in [3.05, 3.63) is 35.2 Å². The third kappa shape index (κ3) is 3.77. The van der Waals surface area contributed by atoms with Crippen LogP contribution in [0.4, 0.5) is 18.9 Å². The number of halogens is 3. The Balaban J connectivity index is 2.23. The molecule has 1 amide bonds. The number of hydrogen-bond acceptors (Lipinski definition) is 5. The number of carbonyl (C=O) groups excluding carboxylic acids is 1. The molecule has 0 radical (unpaired) electrons. The summed E-state index contributed by atoms with van der Waals surface area (Å²) in [6, 6.07) is 4.53. The zero-order chi connectivity index (χ0) is 17.2. The zero-order valence-corrected chi connectivity index (χ0v) is 12.2. The van der Waals surface area contributed by atoms with E-state index >= 15 is 0 Å². The van der Waals surface area contributed by atoms with E-state index in [1.165, 1.54) is 19.1 Å². The van der Waals surface area contributed by atoms with Crippen molar-refractivity contribution in [1.29, 1.82) is 0 Å². The number of nitrogens with two attached hydrogens (primary N) is 1. The van der Waals surface area contributed by atoms with Gasteiger partial charge in [0.25, 0.3) is 5.91 Å². The maximum Gasteiger partial charge on any atom is 0.491 e.